The molecule has 1 aromatic heterocycles. The molecule has 0 radical (unpaired) electrons. The van der Waals surface area contributed by atoms with Gasteiger partial charge in [-0.05, 0) is 49.8 Å². The summed E-state index contributed by atoms with van der Waals surface area (Å²) in [6, 6.07) is 8.42. The third kappa shape index (κ3) is 2.69. The standard InChI is InChI=1S/C16H23NOS/c1-5-16(2,17(3)4)15(18)10-12-11-19-14-9-7-6-8-13(12)14/h6-9,11,15,18H,5,10H2,1-4H3. The lowest BCUT2D eigenvalue weighted by molar-refractivity contribution is 0.00323. The van der Waals surface area contributed by atoms with E-state index >= 15 is 0 Å². The maximum Gasteiger partial charge on any atom is 0.0761 e. The Balaban J connectivity index is 2.25. The molecular weight excluding hydrogens is 254 g/mol. The molecule has 0 aliphatic rings. The molecule has 1 heterocycles. The SMILES string of the molecule is CCC(C)(C(O)Cc1csc2ccccc12)N(C)C. The van der Waals surface area contributed by atoms with Crippen LogP contribution in [-0.4, -0.2) is 35.7 Å². The number of rotatable bonds is 5. The summed E-state index contributed by atoms with van der Waals surface area (Å²) < 4.78 is 1.30. The van der Waals surface area contributed by atoms with Crippen LogP contribution in [-0.2, 0) is 6.42 Å². The summed E-state index contributed by atoms with van der Waals surface area (Å²) in [6.07, 6.45) is 1.29. The smallest absolute Gasteiger partial charge is 0.0761 e. The minimum Gasteiger partial charge on any atom is -0.391 e. The van der Waals surface area contributed by atoms with Crippen LogP contribution in [0, 0.1) is 0 Å². The van der Waals surface area contributed by atoms with Gasteiger partial charge in [-0.2, -0.15) is 0 Å². The van der Waals surface area contributed by atoms with Gasteiger partial charge in [0.05, 0.1) is 6.10 Å². The molecule has 2 nitrogen and oxygen atoms in total. The minimum absolute atomic E-state index is 0.178. The number of hydrogen-bond donors (Lipinski definition) is 1. The van der Waals surface area contributed by atoms with E-state index in [1.165, 1.54) is 15.6 Å². The monoisotopic (exact) mass is 277 g/mol. The summed E-state index contributed by atoms with van der Waals surface area (Å²) in [6.45, 7) is 4.27. The first kappa shape index (κ1) is 14.5. The zero-order chi connectivity index (χ0) is 14.0. The van der Waals surface area contributed by atoms with Crippen LogP contribution in [0.4, 0.5) is 0 Å². The van der Waals surface area contributed by atoms with Crippen LogP contribution in [0.1, 0.15) is 25.8 Å². The second-order valence-electron chi connectivity index (χ2n) is 5.58. The van der Waals surface area contributed by atoms with Crippen molar-refractivity contribution < 1.29 is 5.11 Å². The van der Waals surface area contributed by atoms with Gasteiger partial charge in [0.1, 0.15) is 0 Å². The molecule has 0 bridgehead atoms. The zero-order valence-electron chi connectivity index (χ0n) is 12.2. The average Bonchev–Trinajstić information content (AvgIpc) is 2.81. The van der Waals surface area contributed by atoms with Crippen LogP contribution in [0.3, 0.4) is 0 Å². The number of benzene rings is 1. The predicted molar refractivity (Wildman–Crippen MR) is 83.9 cm³/mol. The Hall–Kier alpha value is -0.900. The second-order valence-corrected chi connectivity index (χ2v) is 6.49. The van der Waals surface area contributed by atoms with E-state index in [9.17, 15) is 5.11 Å². The Morgan fingerprint density at radius 2 is 2.00 bits per heavy atom. The zero-order valence-corrected chi connectivity index (χ0v) is 13.0. The fourth-order valence-electron chi connectivity index (χ4n) is 2.47. The van der Waals surface area contributed by atoms with Gasteiger partial charge in [0, 0.05) is 16.7 Å². The van der Waals surface area contributed by atoms with Gasteiger partial charge in [0.15, 0.2) is 0 Å². The summed E-state index contributed by atoms with van der Waals surface area (Å²) in [5, 5.41) is 14.1. The van der Waals surface area contributed by atoms with Crippen molar-refractivity contribution in [2.75, 3.05) is 14.1 Å². The highest BCUT2D eigenvalue weighted by atomic mass is 32.1. The molecule has 1 aromatic carbocycles. The Bertz CT molecular complexity index is 548. The molecule has 0 aliphatic carbocycles. The summed E-state index contributed by atoms with van der Waals surface area (Å²) >= 11 is 1.76. The van der Waals surface area contributed by atoms with E-state index in [-0.39, 0.29) is 11.6 Å². The first-order valence-electron chi connectivity index (χ1n) is 6.79. The Labute approximate surface area is 119 Å². The number of nitrogens with zero attached hydrogens (tertiary/aromatic N) is 1. The van der Waals surface area contributed by atoms with Crippen molar-refractivity contribution in [1.82, 2.24) is 4.90 Å². The van der Waals surface area contributed by atoms with Crippen LogP contribution in [0.15, 0.2) is 29.6 Å². The second kappa shape index (κ2) is 5.61. The Morgan fingerprint density at radius 3 is 2.63 bits per heavy atom. The van der Waals surface area contributed by atoms with Crippen LogP contribution in [0.2, 0.25) is 0 Å². The molecule has 0 aliphatic heterocycles. The van der Waals surface area contributed by atoms with E-state index in [0.29, 0.717) is 6.42 Å². The number of hydrogen-bond acceptors (Lipinski definition) is 3. The lowest BCUT2D eigenvalue weighted by atomic mass is 9.86. The van der Waals surface area contributed by atoms with Crippen molar-refractivity contribution in [1.29, 1.82) is 0 Å². The van der Waals surface area contributed by atoms with Gasteiger partial charge in [-0.15, -0.1) is 11.3 Å². The van der Waals surface area contributed by atoms with Gasteiger partial charge >= 0.3 is 0 Å². The van der Waals surface area contributed by atoms with Crippen LogP contribution >= 0.6 is 11.3 Å². The molecule has 2 atom stereocenters. The lowest BCUT2D eigenvalue weighted by Crippen LogP contribution is -2.51. The van der Waals surface area contributed by atoms with Crippen molar-refractivity contribution in [2.24, 2.45) is 0 Å². The molecule has 3 heteroatoms. The molecule has 2 aromatic rings. The number of thiophene rings is 1. The Morgan fingerprint density at radius 1 is 1.32 bits per heavy atom. The molecule has 0 saturated heterocycles. The lowest BCUT2D eigenvalue weighted by Gasteiger charge is -2.40. The predicted octanol–water partition coefficient (Wildman–Crippen LogP) is 3.54. The van der Waals surface area contributed by atoms with E-state index in [1.807, 2.05) is 14.1 Å². The summed E-state index contributed by atoms with van der Waals surface area (Å²) in [7, 11) is 4.08. The van der Waals surface area contributed by atoms with Gasteiger partial charge in [0.25, 0.3) is 0 Å². The highest BCUT2D eigenvalue weighted by molar-refractivity contribution is 7.17. The van der Waals surface area contributed by atoms with Gasteiger partial charge in [-0.1, -0.05) is 25.1 Å². The molecule has 1 N–H and O–H groups in total. The van der Waals surface area contributed by atoms with Crippen molar-refractivity contribution >= 4 is 21.4 Å². The van der Waals surface area contributed by atoms with Crippen molar-refractivity contribution in [3.05, 3.63) is 35.2 Å². The largest absolute Gasteiger partial charge is 0.391 e. The van der Waals surface area contributed by atoms with Crippen LogP contribution in [0.25, 0.3) is 10.1 Å². The summed E-state index contributed by atoms with van der Waals surface area (Å²) in [5.74, 6) is 0. The molecular formula is C16H23NOS. The normalized spacial score (nSPS) is 16.7. The van der Waals surface area contributed by atoms with Gasteiger partial charge in [-0.25, -0.2) is 0 Å². The maximum absolute atomic E-state index is 10.6. The van der Waals surface area contributed by atoms with E-state index in [1.54, 1.807) is 11.3 Å². The topological polar surface area (TPSA) is 23.5 Å². The van der Waals surface area contributed by atoms with Crippen LogP contribution < -0.4 is 0 Å². The van der Waals surface area contributed by atoms with Gasteiger partial charge < -0.3 is 10.0 Å². The molecule has 0 fully saturated rings. The molecule has 2 unspecified atom stereocenters. The van der Waals surface area contributed by atoms with Crippen LogP contribution in [0.5, 0.6) is 0 Å². The van der Waals surface area contributed by atoms with E-state index < -0.39 is 0 Å². The van der Waals surface area contributed by atoms with E-state index in [0.717, 1.165) is 6.42 Å². The van der Waals surface area contributed by atoms with E-state index in [4.69, 9.17) is 0 Å². The fourth-order valence-corrected chi connectivity index (χ4v) is 3.44. The minimum atomic E-state index is -0.356. The first-order valence-corrected chi connectivity index (χ1v) is 7.67. The number of aliphatic hydroxyl groups excluding tert-OH is 1. The Kier molecular flexibility index (Phi) is 4.29. The van der Waals surface area contributed by atoms with Crippen molar-refractivity contribution in [3.8, 4) is 0 Å². The molecule has 0 saturated carbocycles. The first-order chi connectivity index (χ1) is 8.99. The van der Waals surface area contributed by atoms with Gasteiger partial charge in [0.2, 0.25) is 0 Å². The van der Waals surface area contributed by atoms with Crippen molar-refractivity contribution in [3.63, 3.8) is 0 Å². The summed E-state index contributed by atoms with van der Waals surface area (Å²) in [5.41, 5.74) is 1.08. The maximum atomic E-state index is 10.6. The highest BCUT2D eigenvalue weighted by Gasteiger charge is 2.33. The van der Waals surface area contributed by atoms with Gasteiger partial charge in [-0.3, -0.25) is 0 Å². The van der Waals surface area contributed by atoms with Crippen molar-refractivity contribution in [2.45, 2.75) is 38.3 Å². The molecule has 0 spiro atoms. The molecule has 0 amide bonds. The average molecular weight is 277 g/mol. The third-order valence-electron chi connectivity index (χ3n) is 4.43. The molecule has 19 heavy (non-hydrogen) atoms. The number of fused-ring (bicyclic) bond motifs is 1. The number of aliphatic hydroxyl groups is 1. The number of likely N-dealkylation sites (N-methyl/N-ethyl adjacent to an activating group) is 1. The van der Waals surface area contributed by atoms with E-state index in [2.05, 4.69) is 48.4 Å². The fraction of sp³-hybridized carbons (Fsp3) is 0.500. The molecule has 104 valence electrons. The highest BCUT2D eigenvalue weighted by Crippen LogP contribution is 2.30. The quantitative estimate of drug-likeness (QED) is 0.903. The summed E-state index contributed by atoms with van der Waals surface area (Å²) in [4.78, 5) is 2.13. The molecule has 2 rings (SSSR count). The third-order valence-corrected chi connectivity index (χ3v) is 5.44.